The Morgan fingerprint density at radius 3 is 1.10 bits per heavy atom. The molecule has 0 aromatic heterocycles. The quantitative estimate of drug-likeness (QED) is 0.0928. The molecule has 0 fully saturated rings. The molecule has 5 aromatic rings. The molecule has 0 saturated carbocycles. The van der Waals surface area contributed by atoms with Gasteiger partial charge >= 0.3 is 0 Å². The first-order valence-corrected chi connectivity index (χ1v) is 15.2. The number of hydrogen-bond acceptors (Lipinski definition) is 0. The molecule has 0 aliphatic heterocycles. The summed E-state index contributed by atoms with van der Waals surface area (Å²) in [7, 11) is 0. The summed E-state index contributed by atoms with van der Waals surface area (Å²) in [6, 6.07) is 45.8. The SMILES string of the molecule is CCCCCC[B-](c1ccc(Cl)cc1)(c1ccc(Cl)cc1)c1ccc(Cl)cc1.[IH2+].c1ccc(-c2ccccc2)cc1. The summed E-state index contributed by atoms with van der Waals surface area (Å²) >= 11 is 18.6. The Labute approximate surface area is 278 Å². The van der Waals surface area contributed by atoms with Crippen LogP contribution in [0.5, 0.6) is 0 Å². The largest absolute Gasteiger partial charge is 0.235 e. The van der Waals surface area contributed by atoms with Crippen LogP contribution in [-0.4, -0.2) is 6.15 Å². The molecule has 0 N–H and O–H groups in total. The van der Waals surface area contributed by atoms with Crippen LogP contribution in [0.15, 0.2) is 133 Å². The molecule has 5 aromatic carbocycles. The third kappa shape index (κ3) is 9.12. The van der Waals surface area contributed by atoms with Gasteiger partial charge in [0.2, 0.25) is 24.0 Å². The minimum absolute atomic E-state index is 0. The standard InChI is InChI=1S/C24H25BCl3.C12H10.H2I/c1-2-3-4-5-18-25(19-6-12-22(26)13-7-19,20-8-14-23(27)15-9-20)21-10-16-24(28)17-11-21;1-3-7-11(8-4-1)12-9-5-2-6-10-12;/h6-17H,2-5,18H2,1H3;1-10H;1H2/q-1;;+1. The lowest BCUT2D eigenvalue weighted by molar-refractivity contribution is -0.00000762. The topological polar surface area (TPSA) is 0 Å². The van der Waals surface area contributed by atoms with Gasteiger partial charge in [0.05, 0.1) is 6.15 Å². The van der Waals surface area contributed by atoms with E-state index in [2.05, 4.69) is 91.9 Å². The van der Waals surface area contributed by atoms with Gasteiger partial charge in [0, 0.05) is 15.1 Å². The summed E-state index contributed by atoms with van der Waals surface area (Å²) in [5.74, 6) is 0. The van der Waals surface area contributed by atoms with Crippen LogP contribution in [0.3, 0.4) is 0 Å². The summed E-state index contributed by atoms with van der Waals surface area (Å²) in [6.07, 6.45) is 4.81. The van der Waals surface area contributed by atoms with Crippen LogP contribution in [-0.2, 0) is 0 Å². The lowest BCUT2D eigenvalue weighted by Crippen LogP contribution is -3.00. The van der Waals surface area contributed by atoms with E-state index in [-0.39, 0.29) is 24.0 Å². The fourth-order valence-corrected chi connectivity index (χ4v) is 5.97. The van der Waals surface area contributed by atoms with Crippen molar-refractivity contribution in [1.82, 2.24) is 0 Å². The molecule has 0 bridgehead atoms. The fourth-order valence-electron chi connectivity index (χ4n) is 5.59. The van der Waals surface area contributed by atoms with Crippen LogP contribution in [0.25, 0.3) is 11.1 Å². The predicted octanol–water partition coefficient (Wildman–Crippen LogP) is 6.52. The molecule has 5 rings (SSSR count). The smallest absolute Gasteiger partial charge is 0.200 e. The fraction of sp³-hybridized carbons (Fsp3) is 0.167. The van der Waals surface area contributed by atoms with E-state index in [0.29, 0.717) is 0 Å². The maximum atomic E-state index is 6.21. The molecule has 0 radical (unpaired) electrons. The van der Waals surface area contributed by atoms with Gasteiger partial charge in [-0.25, -0.2) is 0 Å². The number of halogens is 4. The van der Waals surface area contributed by atoms with Gasteiger partial charge in [-0.15, -0.1) is 0 Å². The van der Waals surface area contributed by atoms with E-state index >= 15 is 0 Å². The summed E-state index contributed by atoms with van der Waals surface area (Å²) in [6.45, 7) is 2.25. The molecule has 0 amide bonds. The van der Waals surface area contributed by atoms with E-state index in [1.54, 1.807) is 0 Å². The molecule has 0 unspecified atom stereocenters. The maximum absolute atomic E-state index is 6.21. The third-order valence-electron chi connectivity index (χ3n) is 7.69. The minimum Gasteiger partial charge on any atom is -0.200 e. The molecule has 212 valence electrons. The molecule has 0 heterocycles. The lowest BCUT2D eigenvalue weighted by Gasteiger charge is -2.43. The highest BCUT2D eigenvalue weighted by atomic mass is 127. The Balaban J connectivity index is 0.000000296. The zero-order valence-corrected chi connectivity index (χ0v) is 28.2. The van der Waals surface area contributed by atoms with Crippen LogP contribution < -0.4 is 40.4 Å². The van der Waals surface area contributed by atoms with Crippen molar-refractivity contribution in [2.24, 2.45) is 0 Å². The van der Waals surface area contributed by atoms with Crippen molar-refractivity contribution < 1.29 is 24.0 Å². The predicted molar refractivity (Wildman–Crippen MR) is 183 cm³/mol. The van der Waals surface area contributed by atoms with E-state index < -0.39 is 6.15 Å². The lowest BCUT2D eigenvalue weighted by atomic mass is 9.14. The van der Waals surface area contributed by atoms with Crippen molar-refractivity contribution in [3.63, 3.8) is 0 Å². The van der Waals surface area contributed by atoms with E-state index in [9.17, 15) is 0 Å². The highest BCUT2D eigenvalue weighted by Crippen LogP contribution is 2.21. The van der Waals surface area contributed by atoms with Gasteiger partial charge < -0.3 is 0 Å². The number of hydrogen-bond donors (Lipinski definition) is 0. The first-order valence-electron chi connectivity index (χ1n) is 14.1. The van der Waals surface area contributed by atoms with E-state index in [1.165, 1.54) is 53.2 Å². The Kier molecular flexibility index (Phi) is 13.8. The van der Waals surface area contributed by atoms with Crippen molar-refractivity contribution in [3.8, 4) is 11.1 Å². The summed E-state index contributed by atoms with van der Waals surface area (Å²) in [5.41, 5.74) is 6.44. The average Bonchev–Trinajstić information content (AvgIpc) is 3.00. The van der Waals surface area contributed by atoms with Gasteiger partial charge in [-0.05, 0) is 47.5 Å². The van der Waals surface area contributed by atoms with Gasteiger partial charge in [-0.2, -0.15) is 22.7 Å². The van der Waals surface area contributed by atoms with Crippen LogP contribution in [0.4, 0.5) is 0 Å². The zero-order chi connectivity index (χ0) is 28.2. The van der Waals surface area contributed by atoms with Gasteiger partial charge in [-0.3, -0.25) is 0 Å². The molecule has 5 heteroatoms. The first kappa shape index (κ1) is 33.3. The van der Waals surface area contributed by atoms with Crippen molar-refractivity contribution >= 4 is 57.3 Å². The second-order valence-electron chi connectivity index (χ2n) is 10.3. The number of benzene rings is 5. The molecular formula is C36H37BCl3I. The van der Waals surface area contributed by atoms with Crippen molar-refractivity contribution in [2.75, 3.05) is 0 Å². The molecular weight excluding hydrogens is 676 g/mol. The Morgan fingerprint density at radius 2 is 0.780 bits per heavy atom. The third-order valence-corrected chi connectivity index (χ3v) is 8.44. The normalized spacial score (nSPS) is 10.7. The summed E-state index contributed by atoms with van der Waals surface area (Å²) < 4.78 is 0. The second-order valence-corrected chi connectivity index (χ2v) is 11.6. The van der Waals surface area contributed by atoms with Crippen molar-refractivity contribution in [1.29, 1.82) is 0 Å². The highest BCUT2D eigenvalue weighted by Gasteiger charge is 2.29. The van der Waals surface area contributed by atoms with Crippen LogP contribution in [0.1, 0.15) is 32.6 Å². The number of rotatable bonds is 9. The average molecular weight is 714 g/mol. The molecule has 0 spiro atoms. The maximum Gasteiger partial charge on any atom is 0.235 e. The molecule has 41 heavy (non-hydrogen) atoms. The number of unbranched alkanes of at least 4 members (excludes halogenated alkanes) is 3. The summed E-state index contributed by atoms with van der Waals surface area (Å²) in [4.78, 5) is 0. The Hall–Kier alpha value is -2.24. The Bertz CT molecular complexity index is 1270. The zero-order valence-electron chi connectivity index (χ0n) is 23.4. The summed E-state index contributed by atoms with van der Waals surface area (Å²) in [5, 5.41) is 2.27. The van der Waals surface area contributed by atoms with Gasteiger partial charge in [0.1, 0.15) is 0 Å². The van der Waals surface area contributed by atoms with Gasteiger partial charge in [0.15, 0.2) is 0 Å². The molecule has 0 nitrogen and oxygen atoms in total. The van der Waals surface area contributed by atoms with E-state index in [0.717, 1.165) is 21.4 Å². The van der Waals surface area contributed by atoms with E-state index in [4.69, 9.17) is 34.8 Å². The minimum atomic E-state index is -1.15. The second kappa shape index (κ2) is 17.0. The van der Waals surface area contributed by atoms with Crippen LogP contribution >= 0.6 is 34.8 Å². The van der Waals surface area contributed by atoms with Crippen LogP contribution in [0, 0.1) is 0 Å². The first-order chi connectivity index (χ1) is 19.5. The van der Waals surface area contributed by atoms with Gasteiger partial charge in [0.25, 0.3) is 0 Å². The van der Waals surface area contributed by atoms with Crippen molar-refractivity contribution in [3.05, 3.63) is 149 Å². The van der Waals surface area contributed by atoms with Crippen molar-refractivity contribution in [2.45, 2.75) is 38.9 Å². The highest BCUT2D eigenvalue weighted by molar-refractivity contribution is 7.11. The van der Waals surface area contributed by atoms with Crippen LogP contribution in [0.2, 0.25) is 21.4 Å². The molecule has 0 aliphatic carbocycles. The monoisotopic (exact) mass is 712 g/mol. The molecule has 0 aliphatic rings. The molecule has 0 atom stereocenters. The molecule has 0 saturated heterocycles. The Morgan fingerprint density at radius 1 is 0.439 bits per heavy atom. The van der Waals surface area contributed by atoms with E-state index in [1.807, 2.05) is 48.5 Å². The van der Waals surface area contributed by atoms with Gasteiger partial charge in [-0.1, -0.05) is 164 Å².